The van der Waals surface area contributed by atoms with E-state index in [2.05, 4.69) is 10.6 Å². The van der Waals surface area contributed by atoms with Gasteiger partial charge in [-0.1, -0.05) is 12.1 Å². The number of esters is 1. The number of rotatable bonds is 6. The molecule has 0 aromatic heterocycles. The number of carbonyl (C=O) groups excluding carboxylic acids is 4. The number of imide groups is 1. The highest BCUT2D eigenvalue weighted by Gasteiger charge is 2.44. The molecule has 0 aliphatic carbocycles. The van der Waals surface area contributed by atoms with Crippen molar-refractivity contribution in [3.63, 3.8) is 0 Å². The van der Waals surface area contributed by atoms with Crippen LogP contribution in [0.1, 0.15) is 31.4 Å². The van der Waals surface area contributed by atoms with E-state index in [0.717, 1.165) is 16.0 Å². The van der Waals surface area contributed by atoms with Crippen LogP contribution >= 0.6 is 0 Å². The number of anilines is 1. The first-order valence-corrected chi connectivity index (χ1v) is 8.27. The first-order valence-electron chi connectivity index (χ1n) is 8.27. The molecule has 1 aliphatic heterocycles. The molecule has 4 amide bonds. The van der Waals surface area contributed by atoms with Gasteiger partial charge < -0.3 is 15.4 Å². The van der Waals surface area contributed by atoms with Gasteiger partial charge in [0.2, 0.25) is 0 Å². The zero-order valence-corrected chi connectivity index (χ0v) is 15.3. The van der Waals surface area contributed by atoms with Gasteiger partial charge in [0.05, 0.1) is 6.42 Å². The van der Waals surface area contributed by atoms with Gasteiger partial charge in [-0.05, 0) is 44.9 Å². The summed E-state index contributed by atoms with van der Waals surface area (Å²) in [7, 11) is 0. The van der Waals surface area contributed by atoms with Gasteiger partial charge >= 0.3 is 12.0 Å². The summed E-state index contributed by atoms with van der Waals surface area (Å²) in [4.78, 5) is 48.4. The molecule has 2 N–H and O–H groups in total. The normalized spacial score (nSPS) is 15.6. The molecule has 0 spiro atoms. The first kappa shape index (κ1) is 19.4. The van der Waals surface area contributed by atoms with Gasteiger partial charge in [-0.25, -0.2) is 4.79 Å². The molecule has 8 nitrogen and oxygen atoms in total. The van der Waals surface area contributed by atoms with E-state index < -0.39 is 36.0 Å². The molecule has 8 heteroatoms. The topological polar surface area (TPSA) is 105 Å². The highest BCUT2D eigenvalue weighted by Crippen LogP contribution is 2.17. The van der Waals surface area contributed by atoms with Gasteiger partial charge in [0.1, 0.15) is 5.54 Å². The predicted molar refractivity (Wildman–Crippen MR) is 94.4 cm³/mol. The Morgan fingerprint density at radius 3 is 2.54 bits per heavy atom. The molecule has 26 heavy (non-hydrogen) atoms. The number of ether oxygens (including phenoxy) is 1. The minimum atomic E-state index is -0.980. The predicted octanol–water partition coefficient (Wildman–Crippen LogP) is 1.51. The minimum Gasteiger partial charge on any atom is -0.456 e. The molecular formula is C18H23N3O5. The number of urea groups is 1. The van der Waals surface area contributed by atoms with Crippen molar-refractivity contribution in [1.82, 2.24) is 10.2 Å². The van der Waals surface area contributed by atoms with E-state index in [4.69, 9.17) is 4.74 Å². The number of carbonyl (C=O) groups is 4. The minimum absolute atomic E-state index is 0.0917. The lowest BCUT2D eigenvalue weighted by atomic mass is 10.1. The van der Waals surface area contributed by atoms with Crippen molar-refractivity contribution in [1.29, 1.82) is 0 Å². The molecule has 1 aromatic carbocycles. The molecule has 0 atom stereocenters. The van der Waals surface area contributed by atoms with E-state index in [9.17, 15) is 19.2 Å². The van der Waals surface area contributed by atoms with Crippen LogP contribution in [-0.2, 0) is 19.1 Å². The quantitative estimate of drug-likeness (QED) is 0.590. The average Bonchev–Trinajstić information content (AvgIpc) is 2.75. The molecule has 0 unspecified atom stereocenters. The van der Waals surface area contributed by atoms with Crippen LogP contribution in [0.2, 0.25) is 0 Å². The average molecular weight is 361 g/mol. The zero-order chi connectivity index (χ0) is 19.5. The summed E-state index contributed by atoms with van der Waals surface area (Å²) in [6.07, 6.45) is -0.175. The van der Waals surface area contributed by atoms with Crippen LogP contribution in [0.3, 0.4) is 0 Å². The van der Waals surface area contributed by atoms with Crippen molar-refractivity contribution in [2.24, 2.45) is 0 Å². The Morgan fingerprint density at radius 1 is 1.23 bits per heavy atom. The van der Waals surface area contributed by atoms with E-state index in [1.54, 1.807) is 13.8 Å². The fraction of sp³-hybridized carbons (Fsp3) is 0.444. The number of benzene rings is 1. The second kappa shape index (κ2) is 7.55. The number of amides is 4. The SMILES string of the molecule is Cc1ccc(C)c(NC(=O)COC(=O)CCN2C(=O)NC(C)(C)C2=O)c1. The summed E-state index contributed by atoms with van der Waals surface area (Å²) in [5.41, 5.74) is 1.58. The third kappa shape index (κ3) is 4.59. The summed E-state index contributed by atoms with van der Waals surface area (Å²) in [6, 6.07) is 5.10. The van der Waals surface area contributed by atoms with Crippen molar-refractivity contribution >= 4 is 29.5 Å². The van der Waals surface area contributed by atoms with E-state index in [0.29, 0.717) is 5.69 Å². The highest BCUT2D eigenvalue weighted by atomic mass is 16.5. The van der Waals surface area contributed by atoms with Gasteiger partial charge in [0.15, 0.2) is 6.61 Å². The molecule has 1 heterocycles. The van der Waals surface area contributed by atoms with Crippen molar-refractivity contribution in [3.05, 3.63) is 29.3 Å². The molecule has 140 valence electrons. The molecule has 1 fully saturated rings. The fourth-order valence-electron chi connectivity index (χ4n) is 2.50. The van der Waals surface area contributed by atoms with E-state index in [1.165, 1.54) is 0 Å². The van der Waals surface area contributed by atoms with Crippen molar-refractivity contribution in [2.75, 3.05) is 18.5 Å². The summed E-state index contributed by atoms with van der Waals surface area (Å²) in [6.45, 7) is 6.42. The van der Waals surface area contributed by atoms with Gasteiger partial charge in [0, 0.05) is 12.2 Å². The number of nitrogens with zero attached hydrogens (tertiary/aromatic N) is 1. The van der Waals surface area contributed by atoms with E-state index in [1.807, 2.05) is 32.0 Å². The number of hydrogen-bond acceptors (Lipinski definition) is 5. The van der Waals surface area contributed by atoms with Gasteiger partial charge in [-0.15, -0.1) is 0 Å². The van der Waals surface area contributed by atoms with Crippen molar-refractivity contribution in [2.45, 2.75) is 39.7 Å². The lowest BCUT2D eigenvalue weighted by Gasteiger charge is -2.15. The van der Waals surface area contributed by atoms with Crippen LogP contribution < -0.4 is 10.6 Å². The van der Waals surface area contributed by atoms with E-state index >= 15 is 0 Å². The Morgan fingerprint density at radius 2 is 1.92 bits per heavy atom. The van der Waals surface area contributed by atoms with Crippen LogP contribution in [0.4, 0.5) is 10.5 Å². The highest BCUT2D eigenvalue weighted by molar-refractivity contribution is 6.06. The third-order valence-corrected chi connectivity index (χ3v) is 4.02. The van der Waals surface area contributed by atoms with E-state index in [-0.39, 0.29) is 13.0 Å². The molecule has 1 aliphatic rings. The zero-order valence-electron chi connectivity index (χ0n) is 15.3. The summed E-state index contributed by atoms with van der Waals surface area (Å²) in [5.74, 6) is -1.52. The van der Waals surface area contributed by atoms with Crippen LogP contribution in [0.15, 0.2) is 18.2 Å². The Kier molecular flexibility index (Phi) is 5.64. The molecule has 2 rings (SSSR count). The fourth-order valence-corrected chi connectivity index (χ4v) is 2.50. The Bertz CT molecular complexity index is 757. The lowest BCUT2D eigenvalue weighted by Crippen LogP contribution is -2.40. The van der Waals surface area contributed by atoms with Crippen molar-refractivity contribution < 1.29 is 23.9 Å². The van der Waals surface area contributed by atoms with Crippen LogP contribution in [0.5, 0.6) is 0 Å². The van der Waals surface area contributed by atoms with Gasteiger partial charge in [0.25, 0.3) is 11.8 Å². The molecular weight excluding hydrogens is 338 g/mol. The smallest absolute Gasteiger partial charge is 0.325 e. The number of nitrogens with one attached hydrogen (secondary N) is 2. The number of hydrogen-bond donors (Lipinski definition) is 2. The second-order valence-corrected chi connectivity index (χ2v) is 6.79. The standard InChI is InChI=1S/C18H23N3O5/c1-11-5-6-12(2)13(9-11)19-14(22)10-26-15(23)7-8-21-16(24)18(3,4)20-17(21)25/h5-6,9H,7-8,10H2,1-4H3,(H,19,22)(H,20,25). The molecule has 0 saturated carbocycles. The lowest BCUT2D eigenvalue weighted by molar-refractivity contribution is -0.147. The molecule has 0 bridgehead atoms. The maximum Gasteiger partial charge on any atom is 0.325 e. The maximum atomic E-state index is 12.0. The summed E-state index contributed by atoms with van der Waals surface area (Å²) in [5, 5.41) is 5.21. The first-order chi connectivity index (χ1) is 12.1. The van der Waals surface area contributed by atoms with Gasteiger partial charge in [-0.2, -0.15) is 0 Å². The largest absolute Gasteiger partial charge is 0.456 e. The summed E-state index contributed by atoms with van der Waals surface area (Å²) >= 11 is 0. The summed E-state index contributed by atoms with van der Waals surface area (Å²) < 4.78 is 4.91. The monoisotopic (exact) mass is 361 g/mol. The van der Waals surface area contributed by atoms with Crippen LogP contribution in [0, 0.1) is 13.8 Å². The Hall–Kier alpha value is -2.90. The third-order valence-electron chi connectivity index (χ3n) is 4.02. The molecule has 1 aromatic rings. The molecule has 1 saturated heterocycles. The molecule has 0 radical (unpaired) electrons. The van der Waals surface area contributed by atoms with Gasteiger partial charge in [-0.3, -0.25) is 19.3 Å². The van der Waals surface area contributed by atoms with Crippen LogP contribution in [0.25, 0.3) is 0 Å². The number of aryl methyl sites for hydroxylation is 2. The Balaban J connectivity index is 1.78. The Labute approximate surface area is 151 Å². The van der Waals surface area contributed by atoms with Crippen LogP contribution in [-0.4, -0.2) is 47.4 Å². The second-order valence-electron chi connectivity index (χ2n) is 6.79. The maximum absolute atomic E-state index is 12.0. The van der Waals surface area contributed by atoms with Crippen molar-refractivity contribution in [3.8, 4) is 0 Å².